The average molecular weight is 317 g/mol. The molecule has 4 atom stereocenters. The Morgan fingerprint density at radius 2 is 1.55 bits per heavy atom. The van der Waals surface area contributed by atoms with E-state index in [1.165, 1.54) is 18.4 Å². The Kier molecular flexibility index (Phi) is 3.24. The number of hydrogen-bond donors (Lipinski definition) is 0. The minimum absolute atomic E-state index is 0.435. The molecule has 1 aromatic rings. The van der Waals surface area contributed by atoms with Gasteiger partial charge in [-0.2, -0.15) is 4.31 Å². The summed E-state index contributed by atoms with van der Waals surface area (Å²) in [7, 11) is -3.32. The van der Waals surface area contributed by atoms with Crippen LogP contribution in [0.3, 0.4) is 0 Å². The Hall–Kier alpha value is -1.13. The predicted molar refractivity (Wildman–Crippen MR) is 86.8 cm³/mol. The Labute approximate surface area is 133 Å². The fourth-order valence-electron chi connectivity index (χ4n) is 5.18. The van der Waals surface area contributed by atoms with E-state index < -0.39 is 10.0 Å². The second-order valence-corrected chi connectivity index (χ2v) is 9.15. The lowest BCUT2D eigenvalue weighted by Crippen LogP contribution is -2.30. The second kappa shape index (κ2) is 4.93. The molecule has 118 valence electrons. The van der Waals surface area contributed by atoms with Crippen molar-refractivity contribution < 1.29 is 8.42 Å². The number of allylic oxidation sites excluding steroid dienone is 2. The van der Waals surface area contributed by atoms with E-state index >= 15 is 0 Å². The van der Waals surface area contributed by atoms with E-state index in [-0.39, 0.29) is 0 Å². The van der Waals surface area contributed by atoms with E-state index in [0.29, 0.717) is 41.7 Å². The molecule has 1 saturated heterocycles. The molecule has 2 saturated carbocycles. The minimum Gasteiger partial charge on any atom is -0.207 e. The van der Waals surface area contributed by atoms with Gasteiger partial charge in [0.1, 0.15) is 0 Å². The molecule has 0 aromatic heterocycles. The molecule has 0 spiro atoms. The van der Waals surface area contributed by atoms with Gasteiger partial charge in [0, 0.05) is 13.1 Å². The number of fused-ring (bicyclic) bond motifs is 5. The molecule has 1 heterocycles. The maximum atomic E-state index is 12.8. The van der Waals surface area contributed by atoms with Crippen molar-refractivity contribution in [2.45, 2.75) is 31.6 Å². The SMILES string of the molecule is CC(C)=C1C2CCC1C1CN(S(=O)(=O)c3ccccc3)CC21. The smallest absolute Gasteiger partial charge is 0.207 e. The molecule has 0 N–H and O–H groups in total. The highest BCUT2D eigenvalue weighted by Gasteiger charge is 2.56. The molecule has 4 unspecified atom stereocenters. The van der Waals surface area contributed by atoms with Crippen molar-refractivity contribution >= 4 is 10.0 Å². The van der Waals surface area contributed by atoms with Crippen LogP contribution in [0, 0.1) is 23.7 Å². The van der Waals surface area contributed by atoms with Gasteiger partial charge in [0.2, 0.25) is 10.0 Å². The fourth-order valence-corrected chi connectivity index (χ4v) is 6.72. The van der Waals surface area contributed by atoms with Crippen molar-refractivity contribution in [3.8, 4) is 0 Å². The van der Waals surface area contributed by atoms with Crippen LogP contribution in [-0.2, 0) is 10.0 Å². The summed E-state index contributed by atoms with van der Waals surface area (Å²) in [5.41, 5.74) is 3.13. The van der Waals surface area contributed by atoms with Crippen LogP contribution in [0.4, 0.5) is 0 Å². The summed E-state index contributed by atoms with van der Waals surface area (Å²) in [6, 6.07) is 8.88. The Morgan fingerprint density at radius 1 is 1.00 bits per heavy atom. The van der Waals surface area contributed by atoms with Gasteiger partial charge in [0.25, 0.3) is 0 Å². The third-order valence-corrected chi connectivity index (χ3v) is 7.80. The van der Waals surface area contributed by atoms with Crippen molar-refractivity contribution in [3.05, 3.63) is 41.5 Å². The molecule has 2 aliphatic carbocycles. The number of hydrogen-bond acceptors (Lipinski definition) is 2. The minimum atomic E-state index is -3.32. The second-order valence-electron chi connectivity index (χ2n) is 7.21. The number of nitrogens with zero attached hydrogens (tertiary/aromatic N) is 1. The molecule has 2 bridgehead atoms. The monoisotopic (exact) mass is 317 g/mol. The maximum Gasteiger partial charge on any atom is 0.243 e. The summed E-state index contributed by atoms with van der Waals surface area (Å²) in [5.74, 6) is 2.36. The van der Waals surface area contributed by atoms with Crippen LogP contribution in [0.25, 0.3) is 0 Å². The van der Waals surface area contributed by atoms with Crippen molar-refractivity contribution in [2.24, 2.45) is 23.7 Å². The van der Waals surface area contributed by atoms with E-state index in [4.69, 9.17) is 0 Å². The number of benzene rings is 1. The van der Waals surface area contributed by atoms with Crippen molar-refractivity contribution in [2.75, 3.05) is 13.1 Å². The molecule has 1 aliphatic heterocycles. The lowest BCUT2D eigenvalue weighted by Gasteiger charge is -2.21. The number of rotatable bonds is 2. The molecule has 3 nitrogen and oxygen atoms in total. The van der Waals surface area contributed by atoms with Crippen molar-refractivity contribution in [3.63, 3.8) is 0 Å². The molecule has 3 fully saturated rings. The summed E-state index contributed by atoms with van der Waals surface area (Å²) in [6.45, 7) is 5.86. The standard InChI is InChI=1S/C18H23NO2S/c1-12(2)18-14-8-9-15(18)17-11-19(10-16(14)17)22(20,21)13-6-4-3-5-7-13/h3-7,14-17H,8-11H2,1-2H3. The summed E-state index contributed by atoms with van der Waals surface area (Å²) in [4.78, 5) is 0.435. The Morgan fingerprint density at radius 3 is 2.05 bits per heavy atom. The Balaban J connectivity index is 1.63. The highest BCUT2D eigenvalue weighted by Crippen LogP contribution is 2.59. The molecule has 22 heavy (non-hydrogen) atoms. The zero-order valence-electron chi connectivity index (χ0n) is 13.2. The van der Waals surface area contributed by atoms with Crippen molar-refractivity contribution in [1.29, 1.82) is 0 Å². The average Bonchev–Trinajstić information content (AvgIpc) is 3.18. The normalized spacial score (nSPS) is 34.2. The third-order valence-electron chi connectivity index (χ3n) is 5.96. The zero-order chi connectivity index (χ0) is 15.5. The lowest BCUT2D eigenvalue weighted by atomic mass is 9.82. The van der Waals surface area contributed by atoms with E-state index in [2.05, 4.69) is 13.8 Å². The molecule has 1 aromatic carbocycles. The van der Waals surface area contributed by atoms with Gasteiger partial charge in [0.05, 0.1) is 4.90 Å². The summed E-state index contributed by atoms with van der Waals surface area (Å²) >= 11 is 0. The largest absolute Gasteiger partial charge is 0.243 e. The zero-order valence-corrected chi connectivity index (χ0v) is 14.0. The number of sulfonamides is 1. The van der Waals surface area contributed by atoms with Crippen molar-refractivity contribution in [1.82, 2.24) is 4.31 Å². The molecule has 4 rings (SSSR count). The van der Waals surface area contributed by atoms with Gasteiger partial charge < -0.3 is 0 Å². The van der Waals surface area contributed by atoms with Gasteiger partial charge in [0.15, 0.2) is 0 Å². The van der Waals surface area contributed by atoms with Crippen LogP contribution in [-0.4, -0.2) is 25.8 Å². The van der Waals surface area contributed by atoms with E-state index in [1.54, 1.807) is 34.1 Å². The van der Waals surface area contributed by atoms with E-state index in [9.17, 15) is 8.42 Å². The molecule has 0 radical (unpaired) electrons. The van der Waals surface area contributed by atoms with E-state index in [0.717, 1.165) is 0 Å². The van der Waals surface area contributed by atoms with Gasteiger partial charge in [-0.3, -0.25) is 0 Å². The van der Waals surface area contributed by atoms with Crippen LogP contribution in [0.15, 0.2) is 46.4 Å². The molecule has 3 aliphatic rings. The van der Waals surface area contributed by atoms with E-state index in [1.807, 2.05) is 6.07 Å². The molecular weight excluding hydrogens is 294 g/mol. The van der Waals surface area contributed by atoms with Crippen LogP contribution in [0.1, 0.15) is 26.7 Å². The highest BCUT2D eigenvalue weighted by atomic mass is 32.2. The Bertz CT molecular complexity index is 697. The predicted octanol–water partition coefficient (Wildman–Crippen LogP) is 3.30. The maximum absolute atomic E-state index is 12.8. The molecule has 0 amide bonds. The van der Waals surface area contributed by atoms with Gasteiger partial charge in [-0.05, 0) is 62.5 Å². The summed E-state index contributed by atoms with van der Waals surface area (Å²) in [6.07, 6.45) is 2.51. The summed E-state index contributed by atoms with van der Waals surface area (Å²) < 4.78 is 27.4. The van der Waals surface area contributed by atoms with Crippen LogP contribution in [0.5, 0.6) is 0 Å². The van der Waals surface area contributed by atoms with Crippen LogP contribution in [0.2, 0.25) is 0 Å². The quantitative estimate of drug-likeness (QED) is 0.785. The first-order valence-corrected chi connectivity index (χ1v) is 9.66. The van der Waals surface area contributed by atoms with Gasteiger partial charge >= 0.3 is 0 Å². The topological polar surface area (TPSA) is 37.4 Å². The first-order valence-electron chi connectivity index (χ1n) is 8.22. The molecule has 4 heteroatoms. The van der Waals surface area contributed by atoms with Crippen LogP contribution < -0.4 is 0 Å². The fraction of sp³-hybridized carbons (Fsp3) is 0.556. The first-order chi connectivity index (χ1) is 10.5. The third kappa shape index (κ3) is 1.93. The highest BCUT2D eigenvalue weighted by molar-refractivity contribution is 7.89. The summed E-state index contributed by atoms with van der Waals surface area (Å²) in [5, 5.41) is 0. The van der Waals surface area contributed by atoms with Gasteiger partial charge in [-0.1, -0.05) is 29.3 Å². The molecular formula is C18H23NO2S. The lowest BCUT2D eigenvalue weighted by molar-refractivity contribution is 0.281. The first kappa shape index (κ1) is 14.5. The van der Waals surface area contributed by atoms with Gasteiger partial charge in [-0.15, -0.1) is 0 Å². The van der Waals surface area contributed by atoms with Crippen LogP contribution >= 0.6 is 0 Å². The van der Waals surface area contributed by atoms with Gasteiger partial charge in [-0.25, -0.2) is 8.42 Å².